The van der Waals surface area contributed by atoms with E-state index in [1.54, 1.807) is 12.1 Å². The predicted molar refractivity (Wildman–Crippen MR) is 112 cm³/mol. The smallest absolute Gasteiger partial charge is 0.263 e. The van der Waals surface area contributed by atoms with Gasteiger partial charge in [-0.3, -0.25) is 19.4 Å². The molecule has 2 aromatic carbocycles. The highest BCUT2D eigenvalue weighted by atomic mass is 16.2. The van der Waals surface area contributed by atoms with Crippen molar-refractivity contribution in [2.75, 3.05) is 16.8 Å². The number of carbonyl (C=O) groups is 3. The fraction of sp³-hybridized carbons (Fsp3) is 0.318. The molecule has 2 aromatic rings. The molecule has 0 saturated carbocycles. The molecule has 0 radical (unpaired) electrons. The van der Waals surface area contributed by atoms with Gasteiger partial charge in [0.1, 0.15) is 6.54 Å². The summed E-state index contributed by atoms with van der Waals surface area (Å²) in [5, 5.41) is 12.0. The maximum absolute atomic E-state index is 12.9. The molecule has 8 nitrogen and oxygen atoms in total. The molecule has 1 saturated heterocycles. The molecule has 8 heteroatoms. The molecule has 0 aliphatic carbocycles. The van der Waals surface area contributed by atoms with Crippen LogP contribution in [-0.2, 0) is 14.4 Å². The number of imide groups is 1. The quantitative estimate of drug-likeness (QED) is 0.774. The Hall–Kier alpha value is -3.55. The fourth-order valence-corrected chi connectivity index (χ4v) is 3.60. The average Bonchev–Trinajstić information content (AvgIpc) is 3.23. The Morgan fingerprint density at radius 3 is 2.33 bits per heavy atom. The normalized spacial score (nSPS) is 20.3. The highest BCUT2D eigenvalue weighted by Gasteiger charge is 2.55. The van der Waals surface area contributed by atoms with Crippen molar-refractivity contribution in [2.45, 2.75) is 38.8 Å². The van der Waals surface area contributed by atoms with Crippen LogP contribution in [0, 0.1) is 6.92 Å². The number of fused-ring (bicyclic) bond motifs is 1. The lowest BCUT2D eigenvalue weighted by atomic mass is 10.0. The molecular formula is C22H23N5O3. The van der Waals surface area contributed by atoms with Crippen LogP contribution in [0.4, 0.5) is 11.4 Å². The first-order chi connectivity index (χ1) is 14.3. The molecule has 0 spiro atoms. The molecule has 1 fully saturated rings. The van der Waals surface area contributed by atoms with Gasteiger partial charge in [-0.1, -0.05) is 48.9 Å². The average molecular weight is 405 g/mol. The van der Waals surface area contributed by atoms with Crippen molar-refractivity contribution in [2.24, 2.45) is 10.3 Å². The van der Waals surface area contributed by atoms with Crippen molar-refractivity contribution in [3.8, 4) is 0 Å². The number of rotatable bonds is 5. The second kappa shape index (κ2) is 7.70. The number of benzene rings is 2. The van der Waals surface area contributed by atoms with Crippen molar-refractivity contribution in [3.05, 3.63) is 59.7 Å². The SMILES string of the molecule is Cc1ccc(N2C(=O)[C@@H]3N=NN(CC(=O)Nc4ccc(C(C)C)cc4)[C@H]3C2=O)cc1. The van der Waals surface area contributed by atoms with Crippen LogP contribution in [0.5, 0.6) is 0 Å². The molecule has 30 heavy (non-hydrogen) atoms. The highest BCUT2D eigenvalue weighted by Crippen LogP contribution is 2.31. The van der Waals surface area contributed by atoms with E-state index in [9.17, 15) is 14.4 Å². The van der Waals surface area contributed by atoms with Crippen LogP contribution in [0.1, 0.15) is 30.9 Å². The van der Waals surface area contributed by atoms with Gasteiger partial charge in [-0.25, -0.2) is 4.90 Å². The van der Waals surface area contributed by atoms with Crippen LogP contribution < -0.4 is 10.2 Å². The molecule has 154 valence electrons. The second-order valence-corrected chi connectivity index (χ2v) is 7.86. The fourth-order valence-electron chi connectivity index (χ4n) is 3.60. The largest absolute Gasteiger partial charge is 0.324 e. The number of aryl methyl sites for hydroxylation is 1. The molecule has 2 aliphatic rings. The summed E-state index contributed by atoms with van der Waals surface area (Å²) in [7, 11) is 0. The molecule has 4 rings (SSSR count). The maximum Gasteiger partial charge on any atom is 0.263 e. The van der Waals surface area contributed by atoms with Crippen molar-refractivity contribution >= 4 is 29.1 Å². The van der Waals surface area contributed by atoms with Gasteiger partial charge in [-0.05, 0) is 42.7 Å². The van der Waals surface area contributed by atoms with Gasteiger partial charge in [0.25, 0.3) is 11.8 Å². The summed E-state index contributed by atoms with van der Waals surface area (Å²) >= 11 is 0. The highest BCUT2D eigenvalue weighted by molar-refractivity contribution is 6.25. The Morgan fingerprint density at radius 1 is 1.03 bits per heavy atom. The molecule has 0 unspecified atom stereocenters. The van der Waals surface area contributed by atoms with Gasteiger partial charge in [0, 0.05) is 5.69 Å². The summed E-state index contributed by atoms with van der Waals surface area (Å²) in [5.74, 6) is -0.780. The zero-order valence-corrected chi connectivity index (χ0v) is 17.1. The molecule has 2 aliphatic heterocycles. The van der Waals surface area contributed by atoms with E-state index < -0.39 is 23.9 Å². The lowest BCUT2D eigenvalue weighted by Gasteiger charge is -2.20. The Labute approximate surface area is 174 Å². The van der Waals surface area contributed by atoms with Gasteiger partial charge in [0.15, 0.2) is 12.1 Å². The zero-order chi connectivity index (χ0) is 21.4. The van der Waals surface area contributed by atoms with Crippen LogP contribution in [0.3, 0.4) is 0 Å². The molecular weight excluding hydrogens is 382 g/mol. The number of amides is 3. The Kier molecular flexibility index (Phi) is 5.07. The third kappa shape index (κ3) is 3.56. The lowest BCUT2D eigenvalue weighted by Crippen LogP contribution is -2.43. The third-order valence-electron chi connectivity index (χ3n) is 5.32. The Balaban J connectivity index is 1.44. The van der Waals surface area contributed by atoms with E-state index in [0.717, 1.165) is 10.5 Å². The monoisotopic (exact) mass is 405 g/mol. The molecule has 2 atom stereocenters. The maximum atomic E-state index is 12.9. The van der Waals surface area contributed by atoms with Gasteiger partial charge in [0.05, 0.1) is 5.69 Å². The summed E-state index contributed by atoms with van der Waals surface area (Å²) < 4.78 is 0. The van der Waals surface area contributed by atoms with Gasteiger partial charge >= 0.3 is 0 Å². The topological polar surface area (TPSA) is 94.4 Å². The first kappa shape index (κ1) is 19.8. The molecule has 2 heterocycles. The number of anilines is 2. The van der Waals surface area contributed by atoms with Gasteiger partial charge in [0.2, 0.25) is 5.91 Å². The third-order valence-corrected chi connectivity index (χ3v) is 5.32. The number of hydrogen-bond donors (Lipinski definition) is 1. The van der Waals surface area contributed by atoms with E-state index in [4.69, 9.17) is 0 Å². The van der Waals surface area contributed by atoms with E-state index >= 15 is 0 Å². The molecule has 3 amide bonds. The van der Waals surface area contributed by atoms with Gasteiger partial charge < -0.3 is 5.32 Å². The second-order valence-electron chi connectivity index (χ2n) is 7.86. The van der Waals surface area contributed by atoms with E-state index in [0.29, 0.717) is 17.3 Å². The van der Waals surface area contributed by atoms with Crippen LogP contribution in [0.15, 0.2) is 58.9 Å². The van der Waals surface area contributed by atoms with E-state index in [-0.39, 0.29) is 12.5 Å². The van der Waals surface area contributed by atoms with E-state index in [1.165, 1.54) is 10.6 Å². The minimum absolute atomic E-state index is 0.169. The standard InChI is InChI=1S/C22H23N5O3/c1-13(2)15-6-8-16(9-7-15)23-18(28)12-26-20-19(24-25-26)21(29)27(22(20)30)17-10-4-14(3)5-11-17/h4-11,13,19-20H,12H2,1-3H3,(H,23,28)/t19-,20-/m1/s1. The number of nitrogens with one attached hydrogen (secondary N) is 1. The molecule has 0 aromatic heterocycles. The summed E-state index contributed by atoms with van der Waals surface area (Å²) in [6.07, 6.45) is 0. The summed E-state index contributed by atoms with van der Waals surface area (Å²) in [6, 6.07) is 12.9. The zero-order valence-electron chi connectivity index (χ0n) is 17.1. The number of carbonyl (C=O) groups excluding carboxylic acids is 3. The predicted octanol–water partition coefficient (Wildman–Crippen LogP) is 3.05. The van der Waals surface area contributed by atoms with Crippen molar-refractivity contribution < 1.29 is 14.4 Å². The Morgan fingerprint density at radius 2 is 1.70 bits per heavy atom. The van der Waals surface area contributed by atoms with Crippen molar-refractivity contribution in [1.82, 2.24) is 5.01 Å². The van der Waals surface area contributed by atoms with Crippen LogP contribution in [0.25, 0.3) is 0 Å². The first-order valence-electron chi connectivity index (χ1n) is 9.87. The number of nitrogens with zero attached hydrogens (tertiary/aromatic N) is 4. The van der Waals surface area contributed by atoms with Crippen molar-refractivity contribution in [1.29, 1.82) is 0 Å². The minimum Gasteiger partial charge on any atom is -0.324 e. The van der Waals surface area contributed by atoms with Crippen LogP contribution >= 0.6 is 0 Å². The van der Waals surface area contributed by atoms with Crippen molar-refractivity contribution in [3.63, 3.8) is 0 Å². The van der Waals surface area contributed by atoms with Gasteiger partial charge in [-0.2, -0.15) is 5.11 Å². The molecule has 0 bridgehead atoms. The molecule has 1 N–H and O–H groups in total. The summed E-state index contributed by atoms with van der Waals surface area (Å²) in [5.41, 5.74) is 3.36. The summed E-state index contributed by atoms with van der Waals surface area (Å²) in [6.45, 7) is 5.96. The van der Waals surface area contributed by atoms with Crippen LogP contribution in [-0.4, -0.2) is 41.4 Å². The van der Waals surface area contributed by atoms with E-state index in [1.807, 2.05) is 43.3 Å². The first-order valence-corrected chi connectivity index (χ1v) is 9.87. The van der Waals surface area contributed by atoms with Gasteiger partial charge in [-0.15, -0.1) is 0 Å². The van der Waals surface area contributed by atoms with Crippen LogP contribution in [0.2, 0.25) is 0 Å². The number of hydrogen-bond acceptors (Lipinski definition) is 6. The lowest BCUT2D eigenvalue weighted by molar-refractivity contribution is -0.123. The van der Waals surface area contributed by atoms with E-state index in [2.05, 4.69) is 29.5 Å². The Bertz CT molecular complexity index is 1010. The summed E-state index contributed by atoms with van der Waals surface area (Å²) in [4.78, 5) is 39.3. The minimum atomic E-state index is -0.920.